The number of amides is 1. The predicted octanol–water partition coefficient (Wildman–Crippen LogP) is 2.34. The molecule has 0 radical (unpaired) electrons. The fourth-order valence-electron chi connectivity index (χ4n) is 3.50. The minimum atomic E-state index is -0.0706. The molecule has 5 nitrogen and oxygen atoms in total. The average molecular weight is 329 g/mol. The summed E-state index contributed by atoms with van der Waals surface area (Å²) in [5, 5.41) is 13.0. The Kier molecular flexibility index (Phi) is 3.79. The number of hydrogen-bond donors (Lipinski definition) is 2. The standard InChI is InChI=1S/C17H19N3O2S/c21-13-3-1-12(2-4-13)15-9-18-17(23-15)16(22)19-14-10-20-7-5-11(14)6-8-20/h1-4,9,11,14,21H,5-8,10H2,(H,19,22)/t14-/m0/s1. The van der Waals surface area contributed by atoms with Crippen LogP contribution in [0.4, 0.5) is 0 Å². The van der Waals surface area contributed by atoms with Crippen LogP contribution >= 0.6 is 11.3 Å². The number of nitrogens with one attached hydrogen (secondary N) is 1. The number of hydrogen-bond acceptors (Lipinski definition) is 5. The molecular formula is C17H19N3O2S. The number of piperidine rings is 3. The van der Waals surface area contributed by atoms with Gasteiger partial charge in [0.15, 0.2) is 5.01 Å². The molecule has 0 spiro atoms. The van der Waals surface area contributed by atoms with Crippen LogP contribution in [0.2, 0.25) is 0 Å². The van der Waals surface area contributed by atoms with E-state index in [0.29, 0.717) is 10.9 Å². The van der Waals surface area contributed by atoms with E-state index in [2.05, 4.69) is 15.2 Å². The summed E-state index contributed by atoms with van der Waals surface area (Å²) in [7, 11) is 0. The molecule has 3 fully saturated rings. The Morgan fingerprint density at radius 3 is 2.65 bits per heavy atom. The minimum Gasteiger partial charge on any atom is -0.508 e. The second-order valence-corrected chi connectivity index (χ2v) is 7.33. The van der Waals surface area contributed by atoms with Crippen LogP contribution in [0.15, 0.2) is 30.5 Å². The third-order valence-electron chi connectivity index (χ3n) is 4.82. The Morgan fingerprint density at radius 1 is 1.26 bits per heavy atom. The van der Waals surface area contributed by atoms with Crippen molar-refractivity contribution in [1.29, 1.82) is 0 Å². The highest BCUT2D eigenvalue weighted by atomic mass is 32.1. The fraction of sp³-hybridized carbons (Fsp3) is 0.412. The van der Waals surface area contributed by atoms with E-state index in [1.54, 1.807) is 18.3 Å². The first kappa shape index (κ1) is 14.7. The topological polar surface area (TPSA) is 65.5 Å². The zero-order valence-electron chi connectivity index (χ0n) is 12.7. The SMILES string of the molecule is O=C(N[C@H]1CN2CCC1CC2)c1ncc(-c2ccc(O)cc2)s1. The number of nitrogens with zero attached hydrogens (tertiary/aromatic N) is 2. The molecular weight excluding hydrogens is 310 g/mol. The summed E-state index contributed by atoms with van der Waals surface area (Å²) in [4.78, 5) is 20.1. The molecule has 0 unspecified atom stereocenters. The Morgan fingerprint density at radius 2 is 2.00 bits per heavy atom. The van der Waals surface area contributed by atoms with Crippen molar-refractivity contribution in [1.82, 2.24) is 15.2 Å². The van der Waals surface area contributed by atoms with Crippen molar-refractivity contribution in [3.8, 4) is 16.2 Å². The van der Waals surface area contributed by atoms with Crippen molar-refractivity contribution in [2.24, 2.45) is 5.92 Å². The number of aromatic hydroxyl groups is 1. The second-order valence-electron chi connectivity index (χ2n) is 6.29. The number of carbonyl (C=O) groups excluding carboxylic acids is 1. The highest BCUT2D eigenvalue weighted by molar-refractivity contribution is 7.16. The van der Waals surface area contributed by atoms with Crippen LogP contribution in [0.3, 0.4) is 0 Å². The van der Waals surface area contributed by atoms with Crippen molar-refractivity contribution in [3.63, 3.8) is 0 Å². The van der Waals surface area contributed by atoms with E-state index in [9.17, 15) is 9.90 Å². The number of carbonyl (C=O) groups is 1. The predicted molar refractivity (Wildman–Crippen MR) is 89.6 cm³/mol. The highest BCUT2D eigenvalue weighted by Crippen LogP contribution is 2.29. The van der Waals surface area contributed by atoms with Gasteiger partial charge >= 0.3 is 0 Å². The van der Waals surface area contributed by atoms with E-state index in [4.69, 9.17) is 0 Å². The molecule has 6 heteroatoms. The van der Waals surface area contributed by atoms with Crippen molar-refractivity contribution in [3.05, 3.63) is 35.5 Å². The summed E-state index contributed by atoms with van der Waals surface area (Å²) in [5.41, 5.74) is 0.960. The van der Waals surface area contributed by atoms with Crippen LogP contribution < -0.4 is 5.32 Å². The van der Waals surface area contributed by atoms with Crippen molar-refractivity contribution < 1.29 is 9.90 Å². The first-order chi connectivity index (χ1) is 11.2. The lowest BCUT2D eigenvalue weighted by Gasteiger charge is -2.44. The molecule has 1 amide bonds. The fourth-order valence-corrected chi connectivity index (χ4v) is 4.32. The van der Waals surface area contributed by atoms with Crippen LogP contribution in [0.5, 0.6) is 5.75 Å². The molecule has 3 aliphatic rings. The monoisotopic (exact) mass is 329 g/mol. The molecule has 1 aromatic heterocycles. The summed E-state index contributed by atoms with van der Waals surface area (Å²) in [6.07, 6.45) is 4.09. The van der Waals surface area contributed by atoms with Gasteiger partial charge in [-0.15, -0.1) is 11.3 Å². The maximum absolute atomic E-state index is 12.5. The lowest BCUT2D eigenvalue weighted by molar-refractivity contribution is 0.0620. The van der Waals surface area contributed by atoms with Crippen LogP contribution in [0.1, 0.15) is 22.6 Å². The molecule has 1 aromatic carbocycles. The van der Waals surface area contributed by atoms with E-state index in [1.165, 1.54) is 37.3 Å². The molecule has 23 heavy (non-hydrogen) atoms. The van der Waals surface area contributed by atoms with Gasteiger partial charge in [0, 0.05) is 18.8 Å². The number of rotatable bonds is 3. The summed E-state index contributed by atoms with van der Waals surface area (Å²) in [5.74, 6) is 0.776. The van der Waals surface area contributed by atoms with Gasteiger partial charge in [0.2, 0.25) is 0 Å². The summed E-state index contributed by atoms with van der Waals surface area (Å²) < 4.78 is 0. The number of phenols is 1. The number of phenolic OH excluding ortho intramolecular Hbond substituents is 1. The third kappa shape index (κ3) is 2.96. The summed E-state index contributed by atoms with van der Waals surface area (Å²) in [6.45, 7) is 3.30. The van der Waals surface area contributed by atoms with E-state index in [-0.39, 0.29) is 17.7 Å². The number of aromatic nitrogens is 1. The van der Waals surface area contributed by atoms with E-state index >= 15 is 0 Å². The van der Waals surface area contributed by atoms with Gasteiger partial charge in [-0.3, -0.25) is 4.79 Å². The molecule has 4 heterocycles. The van der Waals surface area contributed by atoms with Crippen LogP contribution in [0, 0.1) is 5.92 Å². The van der Waals surface area contributed by atoms with Gasteiger partial charge in [-0.25, -0.2) is 4.98 Å². The van der Waals surface area contributed by atoms with E-state index in [0.717, 1.165) is 17.0 Å². The van der Waals surface area contributed by atoms with Gasteiger partial charge in [-0.05, 0) is 61.7 Å². The number of thiazole rings is 1. The summed E-state index contributed by atoms with van der Waals surface area (Å²) >= 11 is 1.39. The molecule has 5 rings (SSSR count). The van der Waals surface area contributed by atoms with Crippen molar-refractivity contribution in [2.75, 3.05) is 19.6 Å². The van der Waals surface area contributed by atoms with Gasteiger partial charge in [0.1, 0.15) is 5.75 Å². The maximum Gasteiger partial charge on any atom is 0.280 e. The molecule has 1 atom stereocenters. The first-order valence-electron chi connectivity index (χ1n) is 7.97. The lowest BCUT2D eigenvalue weighted by Crippen LogP contribution is -2.57. The molecule has 2 bridgehead atoms. The molecule has 2 aromatic rings. The minimum absolute atomic E-state index is 0.0706. The quantitative estimate of drug-likeness (QED) is 0.907. The smallest absolute Gasteiger partial charge is 0.280 e. The zero-order valence-corrected chi connectivity index (χ0v) is 13.6. The molecule has 120 valence electrons. The maximum atomic E-state index is 12.5. The Balaban J connectivity index is 1.46. The second kappa shape index (κ2) is 5.94. The third-order valence-corrected chi connectivity index (χ3v) is 5.87. The van der Waals surface area contributed by atoms with Gasteiger partial charge in [-0.1, -0.05) is 0 Å². The molecule has 3 saturated heterocycles. The lowest BCUT2D eigenvalue weighted by atomic mass is 9.84. The first-order valence-corrected chi connectivity index (χ1v) is 8.79. The number of benzene rings is 1. The van der Waals surface area contributed by atoms with Gasteiger partial charge in [-0.2, -0.15) is 0 Å². The Bertz CT molecular complexity index is 705. The average Bonchev–Trinajstić information content (AvgIpc) is 3.07. The van der Waals surface area contributed by atoms with Gasteiger partial charge in [0.05, 0.1) is 4.88 Å². The van der Waals surface area contributed by atoms with Gasteiger partial charge in [0.25, 0.3) is 5.91 Å². The van der Waals surface area contributed by atoms with Crippen molar-refractivity contribution in [2.45, 2.75) is 18.9 Å². The Labute approximate surface area is 139 Å². The van der Waals surface area contributed by atoms with E-state index < -0.39 is 0 Å². The normalized spacial score (nSPS) is 26.2. The van der Waals surface area contributed by atoms with Crippen molar-refractivity contribution >= 4 is 17.2 Å². The molecule has 2 N–H and O–H groups in total. The number of fused-ring (bicyclic) bond motifs is 3. The highest BCUT2D eigenvalue weighted by Gasteiger charge is 2.35. The molecule has 0 saturated carbocycles. The summed E-state index contributed by atoms with van der Waals surface area (Å²) in [6, 6.07) is 7.20. The van der Waals surface area contributed by atoms with E-state index in [1.807, 2.05) is 12.1 Å². The van der Waals surface area contributed by atoms with Crippen LogP contribution in [0.25, 0.3) is 10.4 Å². The Hall–Kier alpha value is -1.92. The van der Waals surface area contributed by atoms with Crippen LogP contribution in [-0.2, 0) is 0 Å². The zero-order chi connectivity index (χ0) is 15.8. The van der Waals surface area contributed by atoms with Gasteiger partial charge < -0.3 is 15.3 Å². The largest absolute Gasteiger partial charge is 0.508 e. The molecule has 3 aliphatic heterocycles. The van der Waals surface area contributed by atoms with Crippen LogP contribution in [-0.4, -0.2) is 46.6 Å². The molecule has 0 aliphatic carbocycles.